The minimum absolute atomic E-state index is 0.327. The van der Waals surface area contributed by atoms with Gasteiger partial charge in [-0.15, -0.1) is 11.3 Å². The van der Waals surface area contributed by atoms with Gasteiger partial charge in [-0.2, -0.15) is 0 Å². The number of nitrogens with one attached hydrogen (secondary N) is 1. The fourth-order valence-corrected chi connectivity index (χ4v) is 2.44. The molecule has 0 saturated carbocycles. The number of rotatable bonds is 4. The molecule has 0 saturated heterocycles. The van der Waals surface area contributed by atoms with Gasteiger partial charge in [0, 0.05) is 11.1 Å². The van der Waals surface area contributed by atoms with Gasteiger partial charge in [0.25, 0.3) is 0 Å². The number of benzene rings is 1. The molecule has 0 fully saturated rings. The molecule has 2 aromatic rings. The van der Waals surface area contributed by atoms with Crippen LogP contribution in [0.15, 0.2) is 24.4 Å². The van der Waals surface area contributed by atoms with Crippen molar-refractivity contribution < 1.29 is 4.39 Å². The molecule has 2 rings (SSSR count). The topological polar surface area (TPSA) is 24.9 Å². The molecule has 2 nitrogen and oxygen atoms in total. The Bertz CT molecular complexity index is 513. The van der Waals surface area contributed by atoms with Crippen LogP contribution in [0.5, 0.6) is 0 Å². The number of anilines is 1. The number of hydrogen-bond acceptors (Lipinski definition) is 3. The van der Waals surface area contributed by atoms with Crippen LogP contribution in [-0.2, 0) is 13.0 Å². The Balaban J connectivity index is 2.02. The molecule has 0 bridgehead atoms. The van der Waals surface area contributed by atoms with Crippen LogP contribution in [0.1, 0.15) is 16.8 Å². The lowest BCUT2D eigenvalue weighted by Gasteiger charge is -2.06. The van der Waals surface area contributed by atoms with Crippen molar-refractivity contribution in [2.75, 3.05) is 5.32 Å². The number of aromatic nitrogens is 1. The molecular formula is C12H12ClFN2S. The predicted molar refractivity (Wildman–Crippen MR) is 70.2 cm³/mol. The van der Waals surface area contributed by atoms with E-state index < -0.39 is 0 Å². The summed E-state index contributed by atoms with van der Waals surface area (Å²) in [6.45, 7) is 2.73. The zero-order valence-corrected chi connectivity index (χ0v) is 10.9. The molecule has 1 N–H and O–H groups in total. The maximum Gasteiger partial charge on any atom is 0.124 e. The normalized spacial score (nSPS) is 10.5. The van der Waals surface area contributed by atoms with E-state index in [1.54, 1.807) is 17.4 Å². The van der Waals surface area contributed by atoms with Crippen LogP contribution in [0.3, 0.4) is 0 Å². The summed E-state index contributed by atoms with van der Waals surface area (Å²) in [6, 6.07) is 4.33. The molecule has 1 heterocycles. The first kappa shape index (κ1) is 12.3. The standard InChI is InChI=1S/C12H12ClFN2S/c1-2-12-16-7-9(17-12)6-15-11-4-3-8(14)5-10(11)13/h3-5,7,15H,2,6H2,1H3. The van der Waals surface area contributed by atoms with Gasteiger partial charge in [-0.05, 0) is 24.6 Å². The second kappa shape index (κ2) is 5.47. The van der Waals surface area contributed by atoms with Crippen molar-refractivity contribution in [3.8, 4) is 0 Å². The van der Waals surface area contributed by atoms with Gasteiger partial charge in [-0.1, -0.05) is 18.5 Å². The molecule has 17 heavy (non-hydrogen) atoms. The van der Waals surface area contributed by atoms with Crippen LogP contribution < -0.4 is 5.32 Å². The molecule has 0 unspecified atom stereocenters. The van der Waals surface area contributed by atoms with E-state index in [1.165, 1.54) is 12.1 Å². The molecule has 1 aromatic carbocycles. The SMILES string of the molecule is CCc1ncc(CNc2ccc(F)cc2Cl)s1. The lowest BCUT2D eigenvalue weighted by atomic mass is 10.3. The number of thiazole rings is 1. The van der Waals surface area contributed by atoms with Gasteiger partial charge in [-0.3, -0.25) is 0 Å². The number of aryl methyl sites for hydroxylation is 1. The summed E-state index contributed by atoms with van der Waals surface area (Å²) in [7, 11) is 0. The minimum Gasteiger partial charge on any atom is -0.379 e. The molecule has 0 aliphatic carbocycles. The van der Waals surface area contributed by atoms with Crippen molar-refractivity contribution in [1.82, 2.24) is 4.98 Å². The van der Waals surface area contributed by atoms with E-state index in [0.29, 0.717) is 11.6 Å². The molecule has 0 spiro atoms. The Hall–Kier alpha value is -1.13. The first-order valence-corrected chi connectivity index (χ1v) is 6.51. The van der Waals surface area contributed by atoms with E-state index in [0.717, 1.165) is 22.0 Å². The van der Waals surface area contributed by atoms with Crippen LogP contribution in [0.4, 0.5) is 10.1 Å². The third kappa shape index (κ3) is 3.17. The van der Waals surface area contributed by atoms with Crippen LogP contribution >= 0.6 is 22.9 Å². The van der Waals surface area contributed by atoms with Gasteiger partial charge in [0.1, 0.15) is 5.82 Å². The summed E-state index contributed by atoms with van der Waals surface area (Å²) in [5, 5.41) is 4.68. The van der Waals surface area contributed by atoms with Gasteiger partial charge in [0.2, 0.25) is 0 Å². The maximum absolute atomic E-state index is 12.8. The molecule has 0 aliphatic heterocycles. The minimum atomic E-state index is -0.327. The highest BCUT2D eigenvalue weighted by Crippen LogP contribution is 2.23. The highest BCUT2D eigenvalue weighted by Gasteiger charge is 2.03. The quantitative estimate of drug-likeness (QED) is 0.904. The Morgan fingerprint density at radius 1 is 1.47 bits per heavy atom. The Morgan fingerprint density at radius 2 is 2.29 bits per heavy atom. The lowest BCUT2D eigenvalue weighted by molar-refractivity contribution is 0.628. The van der Waals surface area contributed by atoms with Crippen molar-refractivity contribution in [3.05, 3.63) is 45.1 Å². The fourth-order valence-electron chi connectivity index (χ4n) is 1.41. The molecular weight excluding hydrogens is 259 g/mol. The summed E-state index contributed by atoms with van der Waals surface area (Å²) in [5.41, 5.74) is 0.736. The van der Waals surface area contributed by atoms with Crippen molar-refractivity contribution in [2.45, 2.75) is 19.9 Å². The number of nitrogens with zero attached hydrogens (tertiary/aromatic N) is 1. The van der Waals surface area contributed by atoms with E-state index >= 15 is 0 Å². The summed E-state index contributed by atoms with van der Waals surface area (Å²) in [6.07, 6.45) is 2.80. The average molecular weight is 271 g/mol. The van der Waals surface area contributed by atoms with E-state index in [2.05, 4.69) is 17.2 Å². The molecule has 0 atom stereocenters. The first-order chi connectivity index (χ1) is 8.19. The first-order valence-electron chi connectivity index (χ1n) is 5.31. The largest absolute Gasteiger partial charge is 0.379 e. The van der Waals surface area contributed by atoms with Crippen molar-refractivity contribution in [2.24, 2.45) is 0 Å². The Labute approximate surface area is 108 Å². The molecule has 1 aromatic heterocycles. The predicted octanol–water partition coefficient (Wildman–Crippen LogP) is 4.11. The van der Waals surface area contributed by atoms with E-state index in [4.69, 9.17) is 11.6 Å². The molecule has 5 heteroatoms. The molecule has 0 amide bonds. The van der Waals surface area contributed by atoms with Gasteiger partial charge in [0.15, 0.2) is 0 Å². The number of hydrogen-bond donors (Lipinski definition) is 1. The van der Waals surface area contributed by atoms with Crippen LogP contribution in [-0.4, -0.2) is 4.98 Å². The summed E-state index contributed by atoms with van der Waals surface area (Å²) >= 11 is 7.58. The molecule has 90 valence electrons. The third-order valence-corrected chi connectivity index (χ3v) is 3.74. The highest BCUT2D eigenvalue weighted by molar-refractivity contribution is 7.11. The lowest BCUT2D eigenvalue weighted by Crippen LogP contribution is -1.98. The van der Waals surface area contributed by atoms with E-state index in [9.17, 15) is 4.39 Å². The van der Waals surface area contributed by atoms with E-state index in [-0.39, 0.29) is 5.82 Å². The van der Waals surface area contributed by atoms with Gasteiger partial charge in [-0.25, -0.2) is 9.37 Å². The maximum atomic E-state index is 12.8. The van der Waals surface area contributed by atoms with Gasteiger partial charge >= 0.3 is 0 Å². The smallest absolute Gasteiger partial charge is 0.124 e. The third-order valence-electron chi connectivity index (χ3n) is 2.29. The zero-order valence-electron chi connectivity index (χ0n) is 9.34. The van der Waals surface area contributed by atoms with Gasteiger partial charge in [0.05, 0.1) is 22.3 Å². The average Bonchev–Trinajstić information content (AvgIpc) is 2.76. The van der Waals surface area contributed by atoms with Gasteiger partial charge < -0.3 is 5.32 Å². The van der Waals surface area contributed by atoms with Crippen LogP contribution in [0, 0.1) is 5.82 Å². The van der Waals surface area contributed by atoms with Crippen LogP contribution in [0.2, 0.25) is 5.02 Å². The summed E-state index contributed by atoms with van der Waals surface area (Å²) in [5.74, 6) is -0.327. The fraction of sp³-hybridized carbons (Fsp3) is 0.250. The number of halogens is 2. The summed E-state index contributed by atoms with van der Waals surface area (Å²) < 4.78 is 12.8. The van der Waals surface area contributed by atoms with Crippen molar-refractivity contribution in [1.29, 1.82) is 0 Å². The van der Waals surface area contributed by atoms with Crippen molar-refractivity contribution >= 4 is 28.6 Å². The second-order valence-corrected chi connectivity index (χ2v) is 5.16. The summed E-state index contributed by atoms with van der Waals surface area (Å²) in [4.78, 5) is 5.41. The highest BCUT2D eigenvalue weighted by atomic mass is 35.5. The van der Waals surface area contributed by atoms with Crippen molar-refractivity contribution in [3.63, 3.8) is 0 Å². The van der Waals surface area contributed by atoms with Crippen LogP contribution in [0.25, 0.3) is 0 Å². The van der Waals surface area contributed by atoms with E-state index in [1.807, 2.05) is 6.20 Å². The zero-order chi connectivity index (χ0) is 12.3. The Kier molecular flexibility index (Phi) is 3.97. The monoisotopic (exact) mass is 270 g/mol. The molecule has 0 aliphatic rings. The molecule has 0 radical (unpaired) electrons. The Morgan fingerprint density at radius 3 is 2.94 bits per heavy atom. The second-order valence-electron chi connectivity index (χ2n) is 3.55.